The first-order valence-corrected chi connectivity index (χ1v) is 11.1. The minimum Gasteiger partial charge on any atom is -0.337 e. The number of aryl methyl sites for hydroxylation is 2. The molecule has 2 aromatic carbocycles. The molecule has 2 N–H and O–H groups in total. The van der Waals surface area contributed by atoms with Crippen LogP contribution in [0.2, 0.25) is 0 Å². The molecular weight excluding hydrogens is 435 g/mol. The van der Waals surface area contributed by atoms with Gasteiger partial charge < -0.3 is 9.84 Å². The summed E-state index contributed by atoms with van der Waals surface area (Å²) in [5, 5.41) is 6.81. The summed E-state index contributed by atoms with van der Waals surface area (Å²) in [6.45, 7) is 5.14. The second-order valence-corrected chi connectivity index (χ2v) is 8.96. The van der Waals surface area contributed by atoms with Crippen LogP contribution >= 0.6 is 0 Å². The van der Waals surface area contributed by atoms with E-state index in [1.807, 2.05) is 0 Å². The average molecular weight is 454 g/mol. The molecule has 0 fully saturated rings. The summed E-state index contributed by atoms with van der Waals surface area (Å²) in [5.74, 6) is -0.893. The number of aromatic nitrogens is 2. The smallest absolute Gasteiger partial charge is 0.264 e. The van der Waals surface area contributed by atoms with Gasteiger partial charge in [0, 0.05) is 22.3 Å². The molecule has 4 rings (SSSR count). The molecule has 4 aromatic rings. The molecule has 0 bridgehead atoms. The maximum atomic E-state index is 13.7. The fourth-order valence-electron chi connectivity index (χ4n) is 3.13. The molecule has 2 heterocycles. The van der Waals surface area contributed by atoms with Crippen LogP contribution in [-0.4, -0.2) is 24.5 Å². The summed E-state index contributed by atoms with van der Waals surface area (Å²) in [6.07, 6.45) is 0. The first-order valence-electron chi connectivity index (χ1n) is 9.58. The minimum absolute atomic E-state index is 0.0174. The van der Waals surface area contributed by atoms with Crippen LogP contribution in [0.15, 0.2) is 57.9 Å². The van der Waals surface area contributed by atoms with Gasteiger partial charge in [-0.25, -0.2) is 17.5 Å². The molecule has 0 saturated heterocycles. The van der Waals surface area contributed by atoms with Crippen molar-refractivity contribution in [3.63, 3.8) is 0 Å². The standard InChI is InChI=1S/C22H19FN4O4S/c1-12-10-19(18-11-15(23)4-9-20(18)24-12)21(28)25-16-5-7-17(8-6-16)32(29,30)27-22-13(2)14(3)26-31-22/h4-11,27H,1-3H3,(H,25,28). The number of hydrogen-bond acceptors (Lipinski definition) is 6. The Balaban J connectivity index is 1.57. The molecule has 0 spiro atoms. The zero-order valence-electron chi connectivity index (χ0n) is 17.4. The van der Waals surface area contributed by atoms with Crippen molar-refractivity contribution in [3.05, 3.63) is 76.9 Å². The van der Waals surface area contributed by atoms with Crippen molar-refractivity contribution in [2.45, 2.75) is 25.7 Å². The van der Waals surface area contributed by atoms with Gasteiger partial charge in [0.1, 0.15) is 5.82 Å². The Morgan fingerprint density at radius 2 is 1.75 bits per heavy atom. The zero-order valence-corrected chi connectivity index (χ0v) is 18.2. The number of rotatable bonds is 5. The molecule has 0 unspecified atom stereocenters. The summed E-state index contributed by atoms with van der Waals surface area (Å²) in [6, 6.07) is 11.2. The fraction of sp³-hybridized carbons (Fsp3) is 0.136. The molecule has 0 aliphatic carbocycles. The molecule has 0 saturated carbocycles. The number of hydrogen-bond donors (Lipinski definition) is 2. The summed E-state index contributed by atoms with van der Waals surface area (Å²) in [4.78, 5) is 17.1. The van der Waals surface area contributed by atoms with Crippen LogP contribution in [-0.2, 0) is 10.0 Å². The Morgan fingerprint density at radius 3 is 2.41 bits per heavy atom. The third kappa shape index (κ3) is 4.17. The molecule has 1 amide bonds. The normalized spacial score (nSPS) is 11.5. The van der Waals surface area contributed by atoms with Gasteiger partial charge in [0.15, 0.2) is 0 Å². The Morgan fingerprint density at radius 1 is 1.03 bits per heavy atom. The van der Waals surface area contributed by atoms with E-state index < -0.39 is 21.7 Å². The molecule has 0 radical (unpaired) electrons. The molecule has 2 aromatic heterocycles. The van der Waals surface area contributed by atoms with Crippen LogP contribution in [0.4, 0.5) is 16.0 Å². The molecule has 8 nitrogen and oxygen atoms in total. The first-order chi connectivity index (χ1) is 15.1. The Bertz CT molecular complexity index is 1450. The first kappa shape index (κ1) is 21.4. The summed E-state index contributed by atoms with van der Waals surface area (Å²) >= 11 is 0. The number of pyridine rings is 1. The van der Waals surface area contributed by atoms with E-state index in [1.165, 1.54) is 42.5 Å². The molecule has 0 aliphatic rings. The number of nitrogens with zero attached hydrogens (tertiary/aromatic N) is 2. The van der Waals surface area contributed by atoms with E-state index in [9.17, 15) is 17.6 Å². The topological polar surface area (TPSA) is 114 Å². The highest BCUT2D eigenvalue weighted by Crippen LogP contribution is 2.24. The van der Waals surface area contributed by atoms with Crippen LogP contribution in [0.3, 0.4) is 0 Å². The molecule has 32 heavy (non-hydrogen) atoms. The summed E-state index contributed by atoms with van der Waals surface area (Å²) < 4.78 is 46.3. The van der Waals surface area contributed by atoms with E-state index >= 15 is 0 Å². The quantitative estimate of drug-likeness (QED) is 0.464. The third-order valence-electron chi connectivity index (χ3n) is 4.95. The van der Waals surface area contributed by atoms with Crippen molar-refractivity contribution < 1.29 is 22.1 Å². The SMILES string of the molecule is Cc1cc(C(=O)Nc2ccc(S(=O)(=O)Nc3onc(C)c3C)cc2)c2cc(F)ccc2n1. The van der Waals surface area contributed by atoms with Crippen molar-refractivity contribution in [2.24, 2.45) is 0 Å². The maximum absolute atomic E-state index is 13.7. The van der Waals surface area contributed by atoms with Crippen molar-refractivity contribution in [1.82, 2.24) is 10.1 Å². The highest BCUT2D eigenvalue weighted by Gasteiger charge is 2.19. The number of anilines is 2. The van der Waals surface area contributed by atoms with Gasteiger partial charge in [-0.2, -0.15) is 0 Å². The van der Waals surface area contributed by atoms with Gasteiger partial charge in [-0.3, -0.25) is 9.78 Å². The van der Waals surface area contributed by atoms with Crippen LogP contribution in [0.5, 0.6) is 0 Å². The van der Waals surface area contributed by atoms with E-state index in [0.717, 1.165) is 0 Å². The van der Waals surface area contributed by atoms with Gasteiger partial charge in [0.2, 0.25) is 5.88 Å². The van der Waals surface area contributed by atoms with E-state index in [4.69, 9.17) is 4.52 Å². The zero-order chi connectivity index (χ0) is 23.0. The Hall–Kier alpha value is -3.79. The summed E-state index contributed by atoms with van der Waals surface area (Å²) in [7, 11) is -3.91. The van der Waals surface area contributed by atoms with Crippen LogP contribution < -0.4 is 10.0 Å². The monoisotopic (exact) mass is 454 g/mol. The van der Waals surface area contributed by atoms with Gasteiger partial charge in [0.05, 0.1) is 21.7 Å². The lowest BCUT2D eigenvalue weighted by atomic mass is 10.1. The number of carbonyl (C=O) groups is 1. The van der Waals surface area contributed by atoms with E-state index in [0.29, 0.717) is 33.5 Å². The van der Waals surface area contributed by atoms with Crippen molar-refractivity contribution in [2.75, 3.05) is 10.0 Å². The van der Waals surface area contributed by atoms with Gasteiger partial charge in [0.25, 0.3) is 15.9 Å². The number of amides is 1. The number of nitrogens with one attached hydrogen (secondary N) is 2. The maximum Gasteiger partial charge on any atom is 0.264 e. The number of benzene rings is 2. The second kappa shape index (κ2) is 8.04. The van der Waals surface area contributed by atoms with Gasteiger partial charge in [-0.05, 0) is 69.3 Å². The average Bonchev–Trinajstić information content (AvgIpc) is 3.05. The van der Waals surface area contributed by atoms with Gasteiger partial charge in [-0.1, -0.05) is 5.16 Å². The van der Waals surface area contributed by atoms with Crippen LogP contribution in [0.25, 0.3) is 10.9 Å². The lowest BCUT2D eigenvalue weighted by Crippen LogP contribution is -2.15. The number of sulfonamides is 1. The molecule has 0 aliphatic heterocycles. The predicted molar refractivity (Wildman–Crippen MR) is 118 cm³/mol. The molecule has 164 valence electrons. The van der Waals surface area contributed by atoms with Crippen molar-refractivity contribution >= 4 is 38.4 Å². The van der Waals surface area contributed by atoms with Crippen molar-refractivity contribution in [3.8, 4) is 0 Å². The van der Waals surface area contributed by atoms with Crippen LogP contribution in [0.1, 0.15) is 27.3 Å². The van der Waals surface area contributed by atoms with Crippen molar-refractivity contribution in [1.29, 1.82) is 0 Å². The van der Waals surface area contributed by atoms with E-state index in [-0.39, 0.29) is 16.3 Å². The number of fused-ring (bicyclic) bond motifs is 1. The van der Waals surface area contributed by atoms with Gasteiger partial charge >= 0.3 is 0 Å². The lowest BCUT2D eigenvalue weighted by Gasteiger charge is -2.10. The fourth-order valence-corrected chi connectivity index (χ4v) is 4.17. The van der Waals surface area contributed by atoms with E-state index in [1.54, 1.807) is 26.8 Å². The van der Waals surface area contributed by atoms with Gasteiger partial charge in [-0.15, -0.1) is 0 Å². The Labute approximate surface area is 183 Å². The minimum atomic E-state index is -3.91. The predicted octanol–water partition coefficient (Wildman–Crippen LogP) is 4.34. The third-order valence-corrected chi connectivity index (χ3v) is 6.30. The molecule has 0 atom stereocenters. The highest BCUT2D eigenvalue weighted by atomic mass is 32.2. The van der Waals surface area contributed by atoms with Crippen LogP contribution in [0, 0.1) is 26.6 Å². The lowest BCUT2D eigenvalue weighted by molar-refractivity contribution is 0.102. The number of halogens is 1. The summed E-state index contributed by atoms with van der Waals surface area (Å²) in [5.41, 5.74) is 2.93. The molecular formula is C22H19FN4O4S. The molecule has 10 heteroatoms. The highest BCUT2D eigenvalue weighted by molar-refractivity contribution is 7.92. The Kier molecular flexibility index (Phi) is 5.39. The second-order valence-electron chi connectivity index (χ2n) is 7.28. The van der Waals surface area contributed by atoms with E-state index in [2.05, 4.69) is 20.2 Å². The number of carbonyl (C=O) groups excluding carboxylic acids is 1. The largest absolute Gasteiger partial charge is 0.337 e.